The molecule has 1 N–H and O–H groups in total. The fourth-order valence-corrected chi connectivity index (χ4v) is 2.07. The van der Waals surface area contributed by atoms with E-state index >= 15 is 0 Å². The molecule has 1 rings (SSSR count). The van der Waals surface area contributed by atoms with Gasteiger partial charge in [-0.15, -0.1) is 0 Å². The fourth-order valence-electron chi connectivity index (χ4n) is 2.07. The Morgan fingerprint density at radius 2 is 2.36 bits per heavy atom. The maximum atomic E-state index is 9.12. The van der Waals surface area contributed by atoms with Gasteiger partial charge < -0.3 is 4.74 Å². The summed E-state index contributed by atoms with van der Waals surface area (Å²) in [6.07, 6.45) is 4.12. The van der Waals surface area contributed by atoms with Gasteiger partial charge in [-0.2, -0.15) is 5.26 Å². The molecule has 0 radical (unpaired) electrons. The van der Waals surface area contributed by atoms with Crippen molar-refractivity contribution >= 4 is 0 Å². The van der Waals surface area contributed by atoms with E-state index in [0.717, 1.165) is 38.8 Å². The van der Waals surface area contributed by atoms with Crippen LogP contribution in [0.2, 0.25) is 0 Å². The Kier molecular flexibility index (Phi) is 4.37. The van der Waals surface area contributed by atoms with Crippen LogP contribution in [0, 0.1) is 11.3 Å². The molecule has 0 aromatic carbocycles. The van der Waals surface area contributed by atoms with Gasteiger partial charge in [-0.3, -0.25) is 5.32 Å². The number of nitrogens with zero attached hydrogens (tertiary/aromatic N) is 1. The second-order valence-electron chi connectivity index (χ2n) is 3.96. The van der Waals surface area contributed by atoms with Gasteiger partial charge in [0.25, 0.3) is 0 Å². The van der Waals surface area contributed by atoms with Crippen molar-refractivity contribution < 1.29 is 4.74 Å². The highest BCUT2D eigenvalue weighted by Gasteiger charge is 2.39. The molecule has 0 aromatic rings. The van der Waals surface area contributed by atoms with Crippen molar-refractivity contribution in [1.29, 1.82) is 5.26 Å². The minimum absolute atomic E-state index is 0.286. The normalized spacial score (nSPS) is 31.6. The molecular formula is C11H20N2O. The lowest BCUT2D eigenvalue weighted by Crippen LogP contribution is -2.41. The van der Waals surface area contributed by atoms with E-state index in [4.69, 9.17) is 10.00 Å². The maximum Gasteiger partial charge on any atom is 0.109 e. The van der Waals surface area contributed by atoms with Crippen LogP contribution in [0.5, 0.6) is 0 Å². The van der Waals surface area contributed by atoms with Gasteiger partial charge in [0.15, 0.2) is 0 Å². The number of hydrogen-bond acceptors (Lipinski definition) is 3. The third kappa shape index (κ3) is 2.70. The molecule has 0 bridgehead atoms. The summed E-state index contributed by atoms with van der Waals surface area (Å²) >= 11 is 0. The first kappa shape index (κ1) is 11.5. The average Bonchev–Trinajstić information content (AvgIpc) is 2.60. The lowest BCUT2D eigenvalue weighted by Gasteiger charge is -2.21. The van der Waals surface area contributed by atoms with Crippen molar-refractivity contribution in [2.75, 3.05) is 13.2 Å². The standard InChI is InChI=1S/C11H20N2O/c1-3-7-14-10-5-6-11(8-10,9-12)13-4-2/h10,13H,3-8H2,1-2H3. The van der Waals surface area contributed by atoms with E-state index in [9.17, 15) is 0 Å². The fraction of sp³-hybridized carbons (Fsp3) is 0.909. The number of nitrogens with one attached hydrogen (secondary N) is 1. The first-order chi connectivity index (χ1) is 6.76. The molecule has 0 aliphatic heterocycles. The summed E-state index contributed by atoms with van der Waals surface area (Å²) in [5, 5.41) is 12.4. The Morgan fingerprint density at radius 3 is 2.93 bits per heavy atom. The van der Waals surface area contributed by atoms with Crippen molar-refractivity contribution in [3.8, 4) is 6.07 Å². The lowest BCUT2D eigenvalue weighted by atomic mass is 10.00. The van der Waals surface area contributed by atoms with Gasteiger partial charge in [0.1, 0.15) is 5.54 Å². The molecule has 2 unspecified atom stereocenters. The van der Waals surface area contributed by atoms with Gasteiger partial charge in [0.2, 0.25) is 0 Å². The Labute approximate surface area is 86.4 Å². The average molecular weight is 196 g/mol. The second-order valence-corrected chi connectivity index (χ2v) is 3.96. The zero-order chi connectivity index (χ0) is 10.4. The predicted octanol–water partition coefficient (Wildman–Crippen LogP) is 1.84. The first-order valence-corrected chi connectivity index (χ1v) is 5.54. The lowest BCUT2D eigenvalue weighted by molar-refractivity contribution is 0.0552. The smallest absolute Gasteiger partial charge is 0.109 e. The number of rotatable bonds is 5. The van der Waals surface area contributed by atoms with Crippen LogP contribution in [0.4, 0.5) is 0 Å². The molecule has 1 aliphatic rings. The van der Waals surface area contributed by atoms with Crippen LogP contribution in [0.3, 0.4) is 0 Å². The summed E-state index contributed by atoms with van der Waals surface area (Å²) in [6.45, 7) is 5.82. The second kappa shape index (κ2) is 5.33. The van der Waals surface area contributed by atoms with Gasteiger partial charge in [-0.05, 0) is 25.8 Å². The van der Waals surface area contributed by atoms with Crippen molar-refractivity contribution in [3.05, 3.63) is 0 Å². The summed E-state index contributed by atoms with van der Waals surface area (Å²) < 4.78 is 5.66. The van der Waals surface area contributed by atoms with E-state index in [1.165, 1.54) is 0 Å². The molecule has 0 spiro atoms. The molecule has 2 atom stereocenters. The monoisotopic (exact) mass is 196 g/mol. The van der Waals surface area contributed by atoms with Gasteiger partial charge >= 0.3 is 0 Å². The summed E-state index contributed by atoms with van der Waals surface area (Å²) in [7, 11) is 0. The highest BCUT2D eigenvalue weighted by Crippen LogP contribution is 2.31. The van der Waals surface area contributed by atoms with Crippen LogP contribution in [0.1, 0.15) is 39.5 Å². The van der Waals surface area contributed by atoms with Crippen molar-refractivity contribution in [1.82, 2.24) is 5.32 Å². The summed E-state index contributed by atoms with van der Waals surface area (Å²) in [6, 6.07) is 2.39. The molecule has 1 aliphatic carbocycles. The van der Waals surface area contributed by atoms with Crippen LogP contribution >= 0.6 is 0 Å². The molecule has 0 heterocycles. The molecular weight excluding hydrogens is 176 g/mol. The van der Waals surface area contributed by atoms with Gasteiger partial charge in [-0.25, -0.2) is 0 Å². The molecule has 0 aromatic heterocycles. The number of ether oxygens (including phenoxy) is 1. The van der Waals surface area contributed by atoms with Crippen LogP contribution in [0.15, 0.2) is 0 Å². The van der Waals surface area contributed by atoms with Crippen molar-refractivity contribution in [2.45, 2.75) is 51.2 Å². The Bertz CT molecular complexity index is 212. The summed E-state index contributed by atoms with van der Waals surface area (Å²) in [5.74, 6) is 0. The molecule has 14 heavy (non-hydrogen) atoms. The SMILES string of the molecule is CCCOC1CCC(C#N)(NCC)C1. The van der Waals surface area contributed by atoms with E-state index in [0.29, 0.717) is 0 Å². The Morgan fingerprint density at radius 1 is 1.57 bits per heavy atom. The highest BCUT2D eigenvalue weighted by molar-refractivity contribution is 5.12. The summed E-state index contributed by atoms with van der Waals surface area (Å²) in [5.41, 5.74) is -0.312. The molecule has 0 saturated heterocycles. The minimum Gasteiger partial charge on any atom is -0.378 e. The topological polar surface area (TPSA) is 45.0 Å². The zero-order valence-corrected chi connectivity index (χ0v) is 9.18. The Hall–Kier alpha value is -0.590. The van der Waals surface area contributed by atoms with Gasteiger partial charge in [-0.1, -0.05) is 13.8 Å². The zero-order valence-electron chi connectivity index (χ0n) is 9.18. The molecule has 3 heteroatoms. The number of hydrogen-bond donors (Lipinski definition) is 1. The predicted molar refractivity (Wildman–Crippen MR) is 55.9 cm³/mol. The van der Waals surface area contributed by atoms with Crippen LogP contribution < -0.4 is 5.32 Å². The third-order valence-electron chi connectivity index (χ3n) is 2.76. The van der Waals surface area contributed by atoms with Gasteiger partial charge in [0.05, 0.1) is 12.2 Å². The molecule has 1 saturated carbocycles. The van der Waals surface area contributed by atoms with E-state index in [1.807, 2.05) is 6.92 Å². The Balaban J connectivity index is 2.41. The maximum absolute atomic E-state index is 9.12. The molecule has 0 amide bonds. The van der Waals surface area contributed by atoms with E-state index in [-0.39, 0.29) is 11.6 Å². The van der Waals surface area contributed by atoms with E-state index in [1.54, 1.807) is 0 Å². The largest absolute Gasteiger partial charge is 0.378 e. The molecule has 1 fully saturated rings. The first-order valence-electron chi connectivity index (χ1n) is 5.54. The highest BCUT2D eigenvalue weighted by atomic mass is 16.5. The molecule has 3 nitrogen and oxygen atoms in total. The molecule has 80 valence electrons. The van der Waals surface area contributed by atoms with E-state index in [2.05, 4.69) is 18.3 Å². The van der Waals surface area contributed by atoms with Crippen molar-refractivity contribution in [3.63, 3.8) is 0 Å². The van der Waals surface area contributed by atoms with E-state index < -0.39 is 0 Å². The quantitative estimate of drug-likeness (QED) is 0.729. The minimum atomic E-state index is -0.312. The van der Waals surface area contributed by atoms with Crippen LogP contribution in [-0.4, -0.2) is 24.8 Å². The summed E-state index contributed by atoms with van der Waals surface area (Å²) in [4.78, 5) is 0. The van der Waals surface area contributed by atoms with Crippen molar-refractivity contribution in [2.24, 2.45) is 0 Å². The van der Waals surface area contributed by atoms with Crippen LogP contribution in [0.25, 0.3) is 0 Å². The third-order valence-corrected chi connectivity index (χ3v) is 2.76. The van der Waals surface area contributed by atoms with Gasteiger partial charge in [0, 0.05) is 13.0 Å². The number of nitriles is 1. The van der Waals surface area contributed by atoms with Crippen LogP contribution in [-0.2, 0) is 4.74 Å².